The van der Waals surface area contributed by atoms with Gasteiger partial charge in [0.25, 0.3) is 0 Å². The van der Waals surface area contributed by atoms with Crippen molar-refractivity contribution in [2.45, 2.75) is 32.3 Å². The van der Waals surface area contributed by atoms with E-state index in [-0.39, 0.29) is 0 Å². The van der Waals surface area contributed by atoms with Gasteiger partial charge in [-0.2, -0.15) is 0 Å². The summed E-state index contributed by atoms with van der Waals surface area (Å²) in [5, 5.41) is 0. The van der Waals surface area contributed by atoms with Crippen LogP contribution in [0.2, 0.25) is 0 Å². The van der Waals surface area contributed by atoms with Crippen LogP contribution in [-0.2, 0) is 14.2 Å². The van der Waals surface area contributed by atoms with Crippen molar-refractivity contribution in [2.75, 3.05) is 33.0 Å². The summed E-state index contributed by atoms with van der Waals surface area (Å²) in [6.07, 6.45) is 4.32. The van der Waals surface area contributed by atoms with Crippen molar-refractivity contribution in [3.05, 3.63) is 0 Å². The van der Waals surface area contributed by atoms with E-state index in [0.29, 0.717) is 25.9 Å². The van der Waals surface area contributed by atoms with E-state index in [0.717, 1.165) is 13.2 Å². The normalized spacial score (nSPS) is 17.3. The Hall–Kier alpha value is -0.120. The minimum atomic E-state index is 0.524. The molecular weight excluding hydrogens is 168 g/mol. The van der Waals surface area contributed by atoms with Crippen LogP contribution >= 0.6 is 0 Å². The van der Waals surface area contributed by atoms with Gasteiger partial charge < -0.3 is 14.2 Å². The van der Waals surface area contributed by atoms with Crippen LogP contribution in [0.1, 0.15) is 26.2 Å². The molecule has 0 atom stereocenters. The zero-order chi connectivity index (χ0) is 9.36. The summed E-state index contributed by atoms with van der Waals surface area (Å²) >= 11 is 0. The smallest absolute Gasteiger partial charge is 0.0704 e. The SMILES string of the molecule is CCOCCOCCOC1CCC1. The second-order valence-electron chi connectivity index (χ2n) is 3.23. The van der Waals surface area contributed by atoms with E-state index in [2.05, 4.69) is 0 Å². The van der Waals surface area contributed by atoms with Gasteiger partial charge >= 0.3 is 0 Å². The molecule has 0 aromatic rings. The number of hydrogen-bond acceptors (Lipinski definition) is 3. The van der Waals surface area contributed by atoms with E-state index < -0.39 is 0 Å². The van der Waals surface area contributed by atoms with E-state index in [1.165, 1.54) is 19.3 Å². The fraction of sp³-hybridized carbons (Fsp3) is 1.00. The van der Waals surface area contributed by atoms with Crippen molar-refractivity contribution in [1.29, 1.82) is 0 Å². The highest BCUT2D eigenvalue weighted by Crippen LogP contribution is 2.21. The Morgan fingerprint density at radius 1 is 1.00 bits per heavy atom. The van der Waals surface area contributed by atoms with Gasteiger partial charge in [-0.15, -0.1) is 0 Å². The molecule has 1 saturated carbocycles. The second-order valence-corrected chi connectivity index (χ2v) is 3.23. The summed E-state index contributed by atoms with van der Waals surface area (Å²) in [7, 11) is 0. The van der Waals surface area contributed by atoms with Crippen molar-refractivity contribution < 1.29 is 14.2 Å². The first-order chi connectivity index (χ1) is 6.43. The Morgan fingerprint density at radius 2 is 1.69 bits per heavy atom. The van der Waals surface area contributed by atoms with Gasteiger partial charge in [0.1, 0.15) is 0 Å². The van der Waals surface area contributed by atoms with Crippen molar-refractivity contribution in [1.82, 2.24) is 0 Å². The highest BCUT2D eigenvalue weighted by atomic mass is 16.5. The first-order valence-corrected chi connectivity index (χ1v) is 5.20. The lowest BCUT2D eigenvalue weighted by Gasteiger charge is -2.25. The van der Waals surface area contributed by atoms with E-state index in [1.54, 1.807) is 0 Å². The summed E-state index contributed by atoms with van der Waals surface area (Å²) in [6, 6.07) is 0. The zero-order valence-corrected chi connectivity index (χ0v) is 8.46. The van der Waals surface area contributed by atoms with Crippen LogP contribution in [0.25, 0.3) is 0 Å². The average Bonchev–Trinajstić information content (AvgIpc) is 2.07. The first-order valence-electron chi connectivity index (χ1n) is 5.20. The van der Waals surface area contributed by atoms with E-state index in [1.807, 2.05) is 6.92 Å². The van der Waals surface area contributed by atoms with Gasteiger partial charge in [-0.1, -0.05) is 0 Å². The lowest BCUT2D eigenvalue weighted by atomic mass is 9.96. The lowest BCUT2D eigenvalue weighted by molar-refractivity contribution is -0.0362. The van der Waals surface area contributed by atoms with Crippen LogP contribution in [0.3, 0.4) is 0 Å². The molecule has 0 bridgehead atoms. The maximum atomic E-state index is 5.52. The van der Waals surface area contributed by atoms with Crippen LogP contribution < -0.4 is 0 Å². The molecule has 1 rings (SSSR count). The van der Waals surface area contributed by atoms with E-state index >= 15 is 0 Å². The second kappa shape index (κ2) is 7.30. The summed E-state index contributed by atoms with van der Waals surface area (Å²) in [5.74, 6) is 0. The largest absolute Gasteiger partial charge is 0.379 e. The molecule has 78 valence electrons. The Morgan fingerprint density at radius 3 is 2.31 bits per heavy atom. The van der Waals surface area contributed by atoms with Gasteiger partial charge in [0, 0.05) is 6.61 Å². The number of hydrogen-bond donors (Lipinski definition) is 0. The third-order valence-corrected chi connectivity index (χ3v) is 2.21. The van der Waals surface area contributed by atoms with Crippen LogP contribution in [0.5, 0.6) is 0 Å². The molecule has 0 radical (unpaired) electrons. The average molecular weight is 188 g/mol. The molecule has 0 N–H and O–H groups in total. The first kappa shape index (κ1) is 11.0. The van der Waals surface area contributed by atoms with Crippen LogP contribution in [-0.4, -0.2) is 39.1 Å². The van der Waals surface area contributed by atoms with Crippen LogP contribution in [0, 0.1) is 0 Å². The maximum absolute atomic E-state index is 5.52. The Kier molecular flexibility index (Phi) is 6.15. The van der Waals surface area contributed by atoms with Crippen LogP contribution in [0.15, 0.2) is 0 Å². The minimum Gasteiger partial charge on any atom is -0.379 e. The molecule has 0 aromatic heterocycles. The molecule has 13 heavy (non-hydrogen) atoms. The molecule has 0 aromatic carbocycles. The third-order valence-electron chi connectivity index (χ3n) is 2.21. The monoisotopic (exact) mass is 188 g/mol. The topological polar surface area (TPSA) is 27.7 Å². The number of ether oxygens (including phenoxy) is 3. The van der Waals surface area contributed by atoms with Crippen molar-refractivity contribution in [3.63, 3.8) is 0 Å². The highest BCUT2D eigenvalue weighted by Gasteiger charge is 2.16. The van der Waals surface area contributed by atoms with Gasteiger partial charge in [0.05, 0.1) is 32.5 Å². The van der Waals surface area contributed by atoms with Crippen LogP contribution in [0.4, 0.5) is 0 Å². The summed E-state index contributed by atoms with van der Waals surface area (Å²) < 4.78 is 16.0. The summed E-state index contributed by atoms with van der Waals surface area (Å²) in [5.41, 5.74) is 0. The molecule has 0 heterocycles. The van der Waals surface area contributed by atoms with Gasteiger partial charge in [-0.05, 0) is 26.2 Å². The molecule has 1 fully saturated rings. The lowest BCUT2D eigenvalue weighted by Crippen LogP contribution is -2.23. The quantitative estimate of drug-likeness (QED) is 0.542. The van der Waals surface area contributed by atoms with Gasteiger partial charge in [-0.3, -0.25) is 0 Å². The molecule has 1 aliphatic carbocycles. The van der Waals surface area contributed by atoms with Crippen molar-refractivity contribution in [3.8, 4) is 0 Å². The molecule has 1 aliphatic rings. The van der Waals surface area contributed by atoms with Crippen molar-refractivity contribution in [2.24, 2.45) is 0 Å². The number of rotatable bonds is 8. The third kappa shape index (κ3) is 5.24. The maximum Gasteiger partial charge on any atom is 0.0704 e. The Labute approximate surface area is 80.4 Å². The van der Waals surface area contributed by atoms with Gasteiger partial charge in [-0.25, -0.2) is 0 Å². The molecule has 0 spiro atoms. The predicted molar refractivity (Wildman–Crippen MR) is 50.9 cm³/mol. The molecule has 3 nitrogen and oxygen atoms in total. The molecule has 0 unspecified atom stereocenters. The molecular formula is C10H20O3. The Bertz CT molecular complexity index is 113. The van der Waals surface area contributed by atoms with Gasteiger partial charge in [0.2, 0.25) is 0 Å². The summed E-state index contributed by atoms with van der Waals surface area (Å²) in [4.78, 5) is 0. The highest BCUT2D eigenvalue weighted by molar-refractivity contribution is 4.68. The summed E-state index contributed by atoms with van der Waals surface area (Å²) in [6.45, 7) is 5.56. The standard InChI is InChI=1S/C10H20O3/c1-2-11-6-7-12-8-9-13-10-4-3-5-10/h10H,2-9H2,1H3. The van der Waals surface area contributed by atoms with Gasteiger partial charge in [0.15, 0.2) is 0 Å². The van der Waals surface area contributed by atoms with E-state index in [9.17, 15) is 0 Å². The van der Waals surface area contributed by atoms with E-state index in [4.69, 9.17) is 14.2 Å². The minimum absolute atomic E-state index is 0.524. The predicted octanol–water partition coefficient (Wildman–Crippen LogP) is 1.61. The molecule has 0 amide bonds. The fourth-order valence-corrected chi connectivity index (χ4v) is 1.18. The molecule has 0 saturated heterocycles. The Balaban J connectivity index is 1.68. The fourth-order valence-electron chi connectivity index (χ4n) is 1.18. The molecule has 3 heteroatoms. The van der Waals surface area contributed by atoms with Crippen molar-refractivity contribution >= 4 is 0 Å². The molecule has 0 aliphatic heterocycles. The zero-order valence-electron chi connectivity index (χ0n) is 8.46.